The number of nitrogens with zero attached hydrogens (tertiary/aromatic N) is 10. The largest absolute Gasteiger partial charge is 0.369 e. The molecule has 0 atom stereocenters. The predicted molar refractivity (Wildman–Crippen MR) is 211 cm³/mol. The zero-order chi connectivity index (χ0) is 37.4. The quantitative estimate of drug-likeness (QED) is 0.157. The van der Waals surface area contributed by atoms with Gasteiger partial charge < -0.3 is 25.5 Å². The van der Waals surface area contributed by atoms with Crippen molar-refractivity contribution in [1.82, 2.24) is 49.5 Å². The third-order valence-electron chi connectivity index (χ3n) is 10.3. The standard InChI is InChI=1S/C19H24ClN7.C19H23ClN6/c1-11-4-5-15(10-16(11)20)27-19(23-13(3)25-27)26-8-6-14(7-9-26)17-12(2)22-18(21)24-17;1-12-4-5-16(10-17(12)20)26-19(23-14(3)24-26)25-8-6-15(7-9-25)18-13(2)21-11-22-18/h4-5,10,14H,6-9H2,1-3H3,(H3,21,22,24);4-5,10-11,15H,6-9H2,1-3H3,(H,21,22). The van der Waals surface area contributed by atoms with Crippen LogP contribution in [0, 0.1) is 41.5 Å². The Morgan fingerprint density at radius 2 is 1.11 bits per heavy atom. The van der Waals surface area contributed by atoms with Crippen LogP contribution in [-0.2, 0) is 0 Å². The van der Waals surface area contributed by atoms with E-state index in [0.717, 1.165) is 119 Å². The minimum Gasteiger partial charge on any atom is -0.369 e. The van der Waals surface area contributed by atoms with E-state index in [1.807, 2.05) is 80.4 Å². The zero-order valence-corrected chi connectivity index (χ0v) is 32.7. The Bertz CT molecular complexity index is 2200. The van der Waals surface area contributed by atoms with Crippen LogP contribution in [0.3, 0.4) is 0 Å². The van der Waals surface area contributed by atoms with Crippen molar-refractivity contribution in [3.63, 3.8) is 0 Å². The molecule has 0 bridgehead atoms. The smallest absolute Gasteiger partial charge is 0.228 e. The molecule has 278 valence electrons. The van der Waals surface area contributed by atoms with Gasteiger partial charge in [-0.3, -0.25) is 0 Å². The summed E-state index contributed by atoms with van der Waals surface area (Å²) < 4.78 is 3.79. The first-order chi connectivity index (χ1) is 25.4. The molecule has 0 aliphatic carbocycles. The normalized spacial score (nSPS) is 15.5. The van der Waals surface area contributed by atoms with Gasteiger partial charge in [0.05, 0.1) is 29.1 Å². The number of aryl methyl sites for hydroxylation is 6. The van der Waals surface area contributed by atoms with E-state index in [-0.39, 0.29) is 0 Å². The van der Waals surface area contributed by atoms with E-state index in [1.54, 1.807) is 6.33 Å². The maximum absolute atomic E-state index is 6.32. The molecule has 6 aromatic rings. The lowest BCUT2D eigenvalue weighted by molar-refractivity contribution is 0.488. The first-order valence-electron chi connectivity index (χ1n) is 18.2. The molecule has 2 saturated heterocycles. The monoisotopic (exact) mass is 755 g/mol. The molecule has 0 saturated carbocycles. The van der Waals surface area contributed by atoms with E-state index >= 15 is 0 Å². The van der Waals surface area contributed by atoms with Crippen LogP contribution in [0.25, 0.3) is 11.4 Å². The summed E-state index contributed by atoms with van der Waals surface area (Å²) in [6, 6.07) is 12.0. The summed E-state index contributed by atoms with van der Waals surface area (Å²) in [5, 5.41) is 10.7. The second kappa shape index (κ2) is 15.2. The second-order valence-electron chi connectivity index (χ2n) is 14.2. The van der Waals surface area contributed by atoms with E-state index < -0.39 is 0 Å². The number of hydrogen-bond donors (Lipinski definition) is 3. The van der Waals surface area contributed by atoms with Crippen molar-refractivity contribution in [2.45, 2.75) is 79.1 Å². The van der Waals surface area contributed by atoms with Crippen molar-refractivity contribution >= 4 is 41.0 Å². The van der Waals surface area contributed by atoms with Crippen LogP contribution in [0.15, 0.2) is 42.7 Å². The van der Waals surface area contributed by atoms with Gasteiger partial charge in [0.25, 0.3) is 0 Å². The van der Waals surface area contributed by atoms with Gasteiger partial charge in [-0.05, 0) is 103 Å². The molecule has 4 aromatic heterocycles. The highest BCUT2D eigenvalue weighted by Crippen LogP contribution is 2.33. The lowest BCUT2D eigenvalue weighted by atomic mass is 9.93. The third-order valence-corrected chi connectivity index (χ3v) is 11.1. The van der Waals surface area contributed by atoms with Gasteiger partial charge in [0.15, 0.2) is 5.95 Å². The molecule has 4 N–H and O–H groups in total. The van der Waals surface area contributed by atoms with Gasteiger partial charge in [-0.25, -0.2) is 9.97 Å². The number of hydrogen-bond acceptors (Lipinski definition) is 9. The van der Waals surface area contributed by atoms with Crippen molar-refractivity contribution in [2.75, 3.05) is 41.7 Å². The Hall–Kier alpha value is -4.88. The molecule has 2 fully saturated rings. The second-order valence-corrected chi connectivity index (χ2v) is 15.0. The Kier molecular flexibility index (Phi) is 10.5. The number of nitrogen functional groups attached to an aromatic ring is 1. The summed E-state index contributed by atoms with van der Waals surface area (Å²) in [6.07, 6.45) is 5.92. The summed E-state index contributed by atoms with van der Waals surface area (Å²) in [6.45, 7) is 15.6. The molecular formula is C38H47Cl2N13. The lowest BCUT2D eigenvalue weighted by Crippen LogP contribution is -2.35. The molecule has 2 aliphatic heterocycles. The number of nitrogens with two attached hydrogens (primary N) is 1. The van der Waals surface area contributed by atoms with Crippen LogP contribution in [0.2, 0.25) is 10.0 Å². The van der Waals surface area contributed by atoms with Crippen molar-refractivity contribution < 1.29 is 0 Å². The van der Waals surface area contributed by atoms with Crippen LogP contribution in [-0.4, -0.2) is 75.6 Å². The summed E-state index contributed by atoms with van der Waals surface area (Å²) in [7, 11) is 0. The van der Waals surface area contributed by atoms with Gasteiger partial charge in [-0.2, -0.15) is 19.3 Å². The van der Waals surface area contributed by atoms with E-state index in [9.17, 15) is 0 Å². The van der Waals surface area contributed by atoms with Crippen molar-refractivity contribution in [3.05, 3.63) is 98.3 Å². The molecule has 53 heavy (non-hydrogen) atoms. The van der Waals surface area contributed by atoms with E-state index in [2.05, 4.69) is 56.8 Å². The molecule has 2 aromatic carbocycles. The number of anilines is 3. The van der Waals surface area contributed by atoms with Gasteiger partial charge in [-0.1, -0.05) is 35.3 Å². The third kappa shape index (κ3) is 7.77. The van der Waals surface area contributed by atoms with Crippen molar-refractivity contribution in [1.29, 1.82) is 0 Å². The van der Waals surface area contributed by atoms with Crippen LogP contribution in [0.4, 0.5) is 17.8 Å². The average Bonchev–Trinajstić information content (AvgIpc) is 3.94. The van der Waals surface area contributed by atoms with Gasteiger partial charge in [-0.15, -0.1) is 10.2 Å². The fraction of sp³-hybridized carbons (Fsp3) is 0.421. The fourth-order valence-corrected chi connectivity index (χ4v) is 7.72. The molecule has 0 radical (unpaired) electrons. The van der Waals surface area contributed by atoms with E-state index in [0.29, 0.717) is 17.8 Å². The highest BCUT2D eigenvalue weighted by atomic mass is 35.5. The number of aromatic amines is 2. The number of rotatable bonds is 6. The topological polar surface area (TPSA) is 151 Å². The molecule has 0 unspecified atom stereocenters. The number of H-pyrrole nitrogens is 2. The summed E-state index contributed by atoms with van der Waals surface area (Å²) in [5.41, 5.74) is 14.3. The fourth-order valence-electron chi connectivity index (χ4n) is 7.37. The number of aromatic nitrogens is 10. The number of piperidine rings is 2. The molecule has 15 heteroatoms. The van der Waals surface area contributed by atoms with Crippen LogP contribution < -0.4 is 15.5 Å². The SMILES string of the molecule is Cc1nc(N2CCC(c3nc(N)[nH]c3C)CC2)n(-c2ccc(C)c(Cl)c2)n1.Cc1nc(N2CCC(c3nc[nH]c3C)CC2)n(-c2ccc(C)c(Cl)c2)n1. The molecule has 6 heterocycles. The lowest BCUT2D eigenvalue weighted by Gasteiger charge is -2.32. The minimum absolute atomic E-state index is 0.418. The predicted octanol–water partition coefficient (Wildman–Crippen LogP) is 7.49. The summed E-state index contributed by atoms with van der Waals surface area (Å²) >= 11 is 12.6. The highest BCUT2D eigenvalue weighted by Gasteiger charge is 2.28. The first kappa shape index (κ1) is 36.5. The number of imidazole rings is 2. The molecular weight excluding hydrogens is 709 g/mol. The van der Waals surface area contributed by atoms with Crippen LogP contribution >= 0.6 is 23.2 Å². The molecule has 8 rings (SSSR count). The Labute approximate surface area is 320 Å². The van der Waals surface area contributed by atoms with Crippen molar-refractivity contribution in [2.24, 2.45) is 0 Å². The highest BCUT2D eigenvalue weighted by molar-refractivity contribution is 6.31. The first-order valence-corrected chi connectivity index (χ1v) is 18.9. The van der Waals surface area contributed by atoms with Gasteiger partial charge in [0.1, 0.15) is 11.6 Å². The van der Waals surface area contributed by atoms with Crippen molar-refractivity contribution in [3.8, 4) is 11.4 Å². The van der Waals surface area contributed by atoms with Crippen LogP contribution in [0.5, 0.6) is 0 Å². The number of halogens is 2. The molecule has 13 nitrogen and oxygen atoms in total. The zero-order valence-electron chi connectivity index (χ0n) is 31.2. The average molecular weight is 757 g/mol. The summed E-state index contributed by atoms with van der Waals surface area (Å²) in [5.74, 6) is 4.69. The van der Waals surface area contributed by atoms with E-state index in [4.69, 9.17) is 28.9 Å². The van der Waals surface area contributed by atoms with Gasteiger partial charge >= 0.3 is 0 Å². The van der Waals surface area contributed by atoms with Gasteiger partial charge in [0, 0.05) is 59.4 Å². The van der Waals surface area contributed by atoms with E-state index in [1.165, 1.54) is 11.4 Å². The molecule has 2 aliphatic rings. The molecule has 0 amide bonds. The summed E-state index contributed by atoms with van der Waals surface area (Å²) in [4.78, 5) is 29.2. The Morgan fingerprint density at radius 3 is 1.51 bits per heavy atom. The van der Waals surface area contributed by atoms with Gasteiger partial charge in [0.2, 0.25) is 11.9 Å². The minimum atomic E-state index is 0.418. The Balaban J connectivity index is 0.000000164. The number of benzene rings is 2. The number of nitrogens with one attached hydrogen (secondary N) is 2. The van der Waals surface area contributed by atoms with Crippen LogP contribution in [0.1, 0.15) is 83.1 Å². The molecule has 0 spiro atoms. The Morgan fingerprint density at radius 1 is 0.642 bits per heavy atom. The maximum Gasteiger partial charge on any atom is 0.228 e. The maximum atomic E-state index is 6.32.